The molecule has 0 aliphatic carbocycles. The predicted octanol–water partition coefficient (Wildman–Crippen LogP) is 1.99. The van der Waals surface area contributed by atoms with Gasteiger partial charge in [0.05, 0.1) is 0 Å². The molecule has 0 bridgehead atoms. The molecule has 0 rings (SSSR count). The van der Waals surface area contributed by atoms with Gasteiger partial charge >= 0.3 is 0 Å². The highest BCUT2D eigenvalue weighted by Crippen LogP contribution is 1.98. The Kier molecular flexibility index (Phi) is 5.09. The maximum absolute atomic E-state index is 10.1. The van der Waals surface area contributed by atoms with Gasteiger partial charge in [0.15, 0.2) is 0 Å². The number of carbonyl (C=O) groups is 1. The monoisotopic (exact) mass is 167 g/mol. The number of hydrogen-bond acceptors (Lipinski definition) is 2. The molecule has 0 aromatic carbocycles. The third-order valence-corrected chi connectivity index (χ3v) is 1.72. The predicted molar refractivity (Wildman–Crippen MR) is 51.9 cm³/mol. The van der Waals surface area contributed by atoms with Gasteiger partial charge in [0.1, 0.15) is 6.29 Å². The van der Waals surface area contributed by atoms with E-state index in [1.165, 1.54) is 0 Å². The molecule has 0 aromatic heterocycles. The van der Waals surface area contributed by atoms with Gasteiger partial charge in [-0.2, -0.15) is 0 Å². The van der Waals surface area contributed by atoms with Crippen molar-refractivity contribution < 1.29 is 4.79 Å². The summed E-state index contributed by atoms with van der Waals surface area (Å²) in [5.41, 5.74) is 0.970. The lowest BCUT2D eigenvalue weighted by atomic mass is 10.3. The molecule has 0 N–H and O–H groups in total. The van der Waals surface area contributed by atoms with Crippen LogP contribution in [0.3, 0.4) is 0 Å². The SMILES string of the molecule is C/C(C=CN(C)C(C)C)=C/C=O. The standard InChI is InChI=1S/C10H17NO/c1-9(2)11(4)7-5-10(3)6-8-12/h5-9H,1-4H3/b7-5?,10-6-. The van der Waals surface area contributed by atoms with E-state index in [4.69, 9.17) is 0 Å². The summed E-state index contributed by atoms with van der Waals surface area (Å²) in [6.07, 6.45) is 6.24. The number of rotatable bonds is 4. The molecule has 0 heterocycles. The summed E-state index contributed by atoms with van der Waals surface area (Å²) in [4.78, 5) is 12.2. The molecular weight excluding hydrogens is 150 g/mol. The summed E-state index contributed by atoms with van der Waals surface area (Å²) in [6, 6.07) is 0.491. The molecule has 0 aromatic rings. The van der Waals surface area contributed by atoms with E-state index in [1.54, 1.807) is 6.08 Å². The van der Waals surface area contributed by atoms with Crippen molar-refractivity contribution in [3.05, 3.63) is 23.9 Å². The van der Waals surface area contributed by atoms with Gasteiger partial charge in [0, 0.05) is 13.1 Å². The average molecular weight is 167 g/mol. The Labute approximate surface area is 74.6 Å². The molecular formula is C10H17NO. The van der Waals surface area contributed by atoms with Crippen molar-refractivity contribution in [3.63, 3.8) is 0 Å². The highest BCUT2D eigenvalue weighted by atomic mass is 16.1. The number of nitrogens with zero attached hydrogens (tertiary/aromatic N) is 1. The molecule has 0 radical (unpaired) electrons. The molecule has 0 amide bonds. The summed E-state index contributed by atoms with van der Waals surface area (Å²) < 4.78 is 0. The second-order valence-corrected chi connectivity index (χ2v) is 3.12. The van der Waals surface area contributed by atoms with Crippen LogP contribution in [0.1, 0.15) is 20.8 Å². The first-order valence-corrected chi connectivity index (χ1v) is 4.10. The van der Waals surface area contributed by atoms with Gasteiger partial charge < -0.3 is 4.90 Å². The van der Waals surface area contributed by atoms with Gasteiger partial charge in [-0.15, -0.1) is 0 Å². The Hall–Kier alpha value is -1.05. The summed E-state index contributed by atoms with van der Waals surface area (Å²) in [6.45, 7) is 6.13. The smallest absolute Gasteiger partial charge is 0.143 e. The fourth-order valence-corrected chi connectivity index (χ4v) is 0.570. The number of allylic oxidation sites excluding steroid dienone is 3. The Morgan fingerprint density at radius 3 is 2.42 bits per heavy atom. The Morgan fingerprint density at radius 1 is 1.42 bits per heavy atom. The molecule has 0 saturated carbocycles. The van der Waals surface area contributed by atoms with Crippen molar-refractivity contribution in [2.45, 2.75) is 26.8 Å². The van der Waals surface area contributed by atoms with Crippen molar-refractivity contribution in [2.24, 2.45) is 0 Å². The Morgan fingerprint density at radius 2 is 2.00 bits per heavy atom. The largest absolute Gasteiger partial charge is 0.378 e. The van der Waals surface area contributed by atoms with Crippen LogP contribution in [0, 0.1) is 0 Å². The van der Waals surface area contributed by atoms with Crippen LogP contribution in [0.5, 0.6) is 0 Å². The van der Waals surface area contributed by atoms with Crippen molar-refractivity contribution in [1.29, 1.82) is 0 Å². The van der Waals surface area contributed by atoms with Crippen LogP contribution in [0.2, 0.25) is 0 Å². The lowest BCUT2D eigenvalue weighted by molar-refractivity contribution is -0.104. The van der Waals surface area contributed by atoms with Crippen molar-refractivity contribution >= 4 is 6.29 Å². The second kappa shape index (κ2) is 5.58. The van der Waals surface area contributed by atoms with Crippen LogP contribution in [0.15, 0.2) is 23.9 Å². The van der Waals surface area contributed by atoms with Gasteiger partial charge in [-0.1, -0.05) is 0 Å². The molecule has 12 heavy (non-hydrogen) atoms. The summed E-state index contributed by atoms with van der Waals surface area (Å²) in [5.74, 6) is 0. The van der Waals surface area contributed by atoms with Gasteiger partial charge in [-0.05, 0) is 44.7 Å². The minimum Gasteiger partial charge on any atom is -0.378 e. The first-order valence-electron chi connectivity index (χ1n) is 4.10. The van der Waals surface area contributed by atoms with Crippen LogP contribution >= 0.6 is 0 Å². The van der Waals surface area contributed by atoms with E-state index in [0.717, 1.165) is 11.9 Å². The van der Waals surface area contributed by atoms with Crippen LogP contribution in [0.25, 0.3) is 0 Å². The third-order valence-electron chi connectivity index (χ3n) is 1.72. The zero-order chi connectivity index (χ0) is 9.56. The quantitative estimate of drug-likeness (QED) is 0.362. The van der Waals surface area contributed by atoms with E-state index in [9.17, 15) is 4.79 Å². The molecule has 0 atom stereocenters. The van der Waals surface area contributed by atoms with E-state index in [2.05, 4.69) is 18.7 Å². The molecule has 2 heteroatoms. The minimum atomic E-state index is 0.491. The van der Waals surface area contributed by atoms with Gasteiger partial charge in [0.2, 0.25) is 0 Å². The summed E-state index contributed by atoms with van der Waals surface area (Å²) in [5, 5.41) is 0. The maximum atomic E-state index is 10.1. The molecule has 0 aliphatic rings. The van der Waals surface area contributed by atoms with Crippen LogP contribution in [-0.4, -0.2) is 24.3 Å². The third kappa shape index (κ3) is 4.72. The van der Waals surface area contributed by atoms with E-state index in [0.29, 0.717) is 6.04 Å². The van der Waals surface area contributed by atoms with Crippen LogP contribution in [-0.2, 0) is 4.79 Å². The zero-order valence-electron chi connectivity index (χ0n) is 8.24. The summed E-state index contributed by atoms with van der Waals surface area (Å²) >= 11 is 0. The highest BCUT2D eigenvalue weighted by molar-refractivity contribution is 5.66. The normalized spacial score (nSPS) is 12.6. The van der Waals surface area contributed by atoms with Crippen LogP contribution in [0.4, 0.5) is 0 Å². The van der Waals surface area contributed by atoms with E-state index in [1.807, 2.05) is 26.2 Å². The summed E-state index contributed by atoms with van der Waals surface area (Å²) in [7, 11) is 2.01. The molecule has 0 spiro atoms. The van der Waals surface area contributed by atoms with Crippen molar-refractivity contribution in [1.82, 2.24) is 4.90 Å². The lowest BCUT2D eigenvalue weighted by Gasteiger charge is -2.18. The Bertz CT molecular complexity index is 192. The molecule has 2 nitrogen and oxygen atoms in total. The van der Waals surface area contributed by atoms with Gasteiger partial charge in [-0.3, -0.25) is 4.79 Å². The molecule has 0 saturated heterocycles. The van der Waals surface area contributed by atoms with E-state index < -0.39 is 0 Å². The van der Waals surface area contributed by atoms with E-state index in [-0.39, 0.29) is 0 Å². The van der Waals surface area contributed by atoms with Gasteiger partial charge in [0.25, 0.3) is 0 Å². The van der Waals surface area contributed by atoms with Crippen LogP contribution < -0.4 is 0 Å². The zero-order valence-corrected chi connectivity index (χ0v) is 8.24. The molecule has 0 unspecified atom stereocenters. The van der Waals surface area contributed by atoms with E-state index >= 15 is 0 Å². The maximum Gasteiger partial charge on any atom is 0.143 e. The topological polar surface area (TPSA) is 20.3 Å². The first-order chi connectivity index (χ1) is 5.57. The fraction of sp³-hybridized carbons (Fsp3) is 0.500. The number of carbonyl (C=O) groups excluding carboxylic acids is 1. The minimum absolute atomic E-state index is 0.491. The molecule has 68 valence electrons. The molecule has 0 fully saturated rings. The van der Waals surface area contributed by atoms with Crippen molar-refractivity contribution in [2.75, 3.05) is 7.05 Å². The van der Waals surface area contributed by atoms with Gasteiger partial charge in [-0.25, -0.2) is 0 Å². The Balaban J connectivity index is 4.06. The van der Waals surface area contributed by atoms with Crippen molar-refractivity contribution in [3.8, 4) is 0 Å². The second-order valence-electron chi connectivity index (χ2n) is 3.12. The first kappa shape index (κ1) is 11.0. The number of hydrogen-bond donors (Lipinski definition) is 0. The lowest BCUT2D eigenvalue weighted by Crippen LogP contribution is -2.19. The average Bonchev–Trinajstić information content (AvgIpc) is 2.00. The highest BCUT2D eigenvalue weighted by Gasteiger charge is 1.94. The molecule has 0 aliphatic heterocycles. The fourth-order valence-electron chi connectivity index (χ4n) is 0.570. The number of aldehydes is 1.